The molecule has 2 aromatic heterocycles. The summed E-state index contributed by atoms with van der Waals surface area (Å²) in [6.45, 7) is 2.89. The molecule has 2 unspecified atom stereocenters. The average Bonchev–Trinajstić information content (AvgIpc) is 2.91. The molecule has 0 amide bonds. The van der Waals surface area contributed by atoms with Crippen LogP contribution < -0.4 is 11.1 Å². The van der Waals surface area contributed by atoms with Gasteiger partial charge in [-0.3, -0.25) is 0 Å². The molecular formula is C13H20N6. The molecule has 19 heavy (non-hydrogen) atoms. The third kappa shape index (κ3) is 2.06. The zero-order chi connectivity index (χ0) is 13.3. The van der Waals surface area contributed by atoms with E-state index in [0.717, 1.165) is 17.8 Å². The molecule has 2 aromatic rings. The van der Waals surface area contributed by atoms with Gasteiger partial charge in [-0.2, -0.15) is 0 Å². The van der Waals surface area contributed by atoms with Crippen molar-refractivity contribution in [2.45, 2.75) is 38.1 Å². The normalized spacial score (nSPS) is 27.6. The highest BCUT2D eigenvalue weighted by atomic mass is 15.1. The number of nitrogens with zero attached hydrogens (tertiary/aromatic N) is 3. The summed E-state index contributed by atoms with van der Waals surface area (Å²) in [5, 5.41) is 3.58. The topological polar surface area (TPSA) is 92.5 Å². The average molecular weight is 260 g/mol. The van der Waals surface area contributed by atoms with Crippen LogP contribution in [0.1, 0.15) is 32.6 Å². The number of aromatic nitrogens is 4. The van der Waals surface area contributed by atoms with E-state index in [0.29, 0.717) is 18.1 Å². The summed E-state index contributed by atoms with van der Waals surface area (Å²) in [6, 6.07) is 0. The number of rotatable bonds is 3. The minimum atomic E-state index is -0.0648. The molecule has 1 aliphatic carbocycles. The van der Waals surface area contributed by atoms with Crippen LogP contribution in [0.3, 0.4) is 0 Å². The zero-order valence-corrected chi connectivity index (χ0v) is 11.2. The van der Waals surface area contributed by atoms with Gasteiger partial charge in [0.05, 0.1) is 11.9 Å². The van der Waals surface area contributed by atoms with Crippen molar-refractivity contribution in [1.29, 1.82) is 0 Å². The van der Waals surface area contributed by atoms with Crippen LogP contribution in [-0.4, -0.2) is 32.0 Å². The summed E-state index contributed by atoms with van der Waals surface area (Å²) in [6.07, 6.45) is 7.98. The van der Waals surface area contributed by atoms with E-state index >= 15 is 0 Å². The van der Waals surface area contributed by atoms with Gasteiger partial charge in [-0.15, -0.1) is 0 Å². The SMILES string of the molecule is CC1CCCCC1(CN)Nc1ncnc2nc[nH]c12. The number of H-pyrrole nitrogens is 1. The van der Waals surface area contributed by atoms with Gasteiger partial charge >= 0.3 is 0 Å². The van der Waals surface area contributed by atoms with Crippen molar-refractivity contribution in [2.24, 2.45) is 11.7 Å². The fourth-order valence-electron chi connectivity index (χ4n) is 3.05. The monoisotopic (exact) mass is 260 g/mol. The zero-order valence-electron chi connectivity index (χ0n) is 11.2. The predicted molar refractivity (Wildman–Crippen MR) is 74.7 cm³/mol. The molecule has 1 aliphatic rings. The molecule has 0 spiro atoms. The summed E-state index contributed by atoms with van der Waals surface area (Å²) < 4.78 is 0. The quantitative estimate of drug-likeness (QED) is 0.780. The molecule has 2 atom stereocenters. The molecule has 6 heteroatoms. The number of fused-ring (bicyclic) bond motifs is 1. The smallest absolute Gasteiger partial charge is 0.182 e. The van der Waals surface area contributed by atoms with E-state index in [2.05, 4.69) is 32.2 Å². The van der Waals surface area contributed by atoms with Crippen LogP contribution in [0.5, 0.6) is 0 Å². The van der Waals surface area contributed by atoms with Crippen molar-refractivity contribution in [3.63, 3.8) is 0 Å². The molecule has 102 valence electrons. The van der Waals surface area contributed by atoms with Crippen molar-refractivity contribution < 1.29 is 0 Å². The number of nitrogens with two attached hydrogens (primary N) is 1. The molecule has 1 saturated carbocycles. The largest absolute Gasteiger partial charge is 0.361 e. The van der Waals surface area contributed by atoms with Gasteiger partial charge in [0.15, 0.2) is 11.5 Å². The first-order chi connectivity index (χ1) is 9.25. The van der Waals surface area contributed by atoms with E-state index in [1.54, 1.807) is 12.7 Å². The Labute approximate surface area is 112 Å². The maximum absolute atomic E-state index is 6.06. The lowest BCUT2D eigenvalue weighted by Crippen LogP contribution is -2.52. The molecule has 0 radical (unpaired) electrons. The molecule has 1 fully saturated rings. The lowest BCUT2D eigenvalue weighted by atomic mass is 9.73. The predicted octanol–water partition coefficient (Wildman–Crippen LogP) is 1.67. The Kier molecular flexibility index (Phi) is 3.10. The number of anilines is 1. The molecule has 2 heterocycles. The Balaban J connectivity index is 1.96. The molecule has 3 rings (SSSR count). The highest BCUT2D eigenvalue weighted by Gasteiger charge is 2.37. The van der Waals surface area contributed by atoms with Gasteiger partial charge in [-0.25, -0.2) is 15.0 Å². The Hall–Kier alpha value is -1.69. The third-order valence-electron chi connectivity index (χ3n) is 4.41. The van der Waals surface area contributed by atoms with E-state index in [9.17, 15) is 0 Å². The highest BCUT2D eigenvalue weighted by Crippen LogP contribution is 2.36. The van der Waals surface area contributed by atoms with Crippen LogP contribution in [0.2, 0.25) is 0 Å². The van der Waals surface area contributed by atoms with Crippen LogP contribution in [0.4, 0.5) is 5.82 Å². The molecule has 4 N–H and O–H groups in total. The number of imidazole rings is 1. The van der Waals surface area contributed by atoms with E-state index in [4.69, 9.17) is 5.73 Å². The van der Waals surface area contributed by atoms with Crippen molar-refractivity contribution in [1.82, 2.24) is 19.9 Å². The minimum absolute atomic E-state index is 0.0648. The Morgan fingerprint density at radius 3 is 3.11 bits per heavy atom. The molecule has 0 aliphatic heterocycles. The summed E-state index contributed by atoms with van der Waals surface area (Å²) in [4.78, 5) is 15.7. The standard InChI is InChI=1S/C13H20N6/c1-9-4-2-3-5-13(9,6-14)19-12-10-11(16-7-15-10)17-8-18-12/h7-9H,2-6,14H2,1H3,(H2,15,16,17,18,19). The summed E-state index contributed by atoms with van der Waals surface area (Å²) in [5.41, 5.74) is 7.54. The molecule has 0 saturated heterocycles. The first kappa shape index (κ1) is 12.3. The summed E-state index contributed by atoms with van der Waals surface area (Å²) in [7, 11) is 0. The molecule has 0 aromatic carbocycles. The van der Waals surface area contributed by atoms with Crippen molar-refractivity contribution in [3.05, 3.63) is 12.7 Å². The van der Waals surface area contributed by atoms with E-state index in [1.807, 2.05) is 0 Å². The molecule has 0 bridgehead atoms. The Morgan fingerprint density at radius 1 is 1.42 bits per heavy atom. The van der Waals surface area contributed by atoms with Crippen LogP contribution >= 0.6 is 0 Å². The van der Waals surface area contributed by atoms with E-state index in [-0.39, 0.29) is 5.54 Å². The Morgan fingerprint density at radius 2 is 2.32 bits per heavy atom. The second-order valence-electron chi connectivity index (χ2n) is 5.46. The maximum atomic E-state index is 6.06. The molecule has 6 nitrogen and oxygen atoms in total. The van der Waals surface area contributed by atoms with Gasteiger partial charge in [-0.1, -0.05) is 19.8 Å². The number of aromatic amines is 1. The van der Waals surface area contributed by atoms with Crippen molar-refractivity contribution in [3.8, 4) is 0 Å². The van der Waals surface area contributed by atoms with Gasteiger partial charge in [0.2, 0.25) is 0 Å². The van der Waals surface area contributed by atoms with E-state index in [1.165, 1.54) is 19.3 Å². The first-order valence-corrected chi connectivity index (χ1v) is 6.87. The fraction of sp³-hybridized carbons (Fsp3) is 0.615. The van der Waals surface area contributed by atoms with Gasteiger partial charge in [-0.05, 0) is 18.8 Å². The first-order valence-electron chi connectivity index (χ1n) is 6.87. The highest BCUT2D eigenvalue weighted by molar-refractivity contribution is 5.82. The van der Waals surface area contributed by atoms with E-state index < -0.39 is 0 Å². The van der Waals surface area contributed by atoms with Gasteiger partial charge in [0, 0.05) is 6.54 Å². The van der Waals surface area contributed by atoms with Crippen LogP contribution in [-0.2, 0) is 0 Å². The maximum Gasteiger partial charge on any atom is 0.182 e. The van der Waals surface area contributed by atoms with Crippen LogP contribution in [0, 0.1) is 5.92 Å². The number of hydrogen-bond donors (Lipinski definition) is 3. The summed E-state index contributed by atoms with van der Waals surface area (Å²) in [5.74, 6) is 1.35. The van der Waals surface area contributed by atoms with Crippen molar-refractivity contribution in [2.75, 3.05) is 11.9 Å². The third-order valence-corrected chi connectivity index (χ3v) is 4.41. The second kappa shape index (κ2) is 4.77. The van der Waals surface area contributed by atoms with Gasteiger partial charge in [0.25, 0.3) is 0 Å². The minimum Gasteiger partial charge on any atom is -0.361 e. The van der Waals surface area contributed by atoms with Crippen LogP contribution in [0.15, 0.2) is 12.7 Å². The number of nitrogens with one attached hydrogen (secondary N) is 2. The lowest BCUT2D eigenvalue weighted by Gasteiger charge is -2.43. The number of hydrogen-bond acceptors (Lipinski definition) is 5. The summed E-state index contributed by atoms with van der Waals surface area (Å²) >= 11 is 0. The lowest BCUT2D eigenvalue weighted by molar-refractivity contribution is 0.235. The van der Waals surface area contributed by atoms with Crippen molar-refractivity contribution >= 4 is 17.0 Å². The van der Waals surface area contributed by atoms with Crippen LogP contribution in [0.25, 0.3) is 11.2 Å². The van der Waals surface area contributed by atoms with Gasteiger partial charge in [0.1, 0.15) is 11.8 Å². The second-order valence-corrected chi connectivity index (χ2v) is 5.46. The fourth-order valence-corrected chi connectivity index (χ4v) is 3.05. The van der Waals surface area contributed by atoms with Gasteiger partial charge < -0.3 is 16.0 Å². The Bertz CT molecular complexity index is 565. The molecular weight excluding hydrogens is 240 g/mol.